The van der Waals surface area contributed by atoms with Gasteiger partial charge < -0.3 is 19.8 Å². The number of hydrogen-bond donors (Lipinski definition) is 2. The molecule has 7 nitrogen and oxygen atoms in total. The largest absolute Gasteiger partial charge is 0.459 e. The number of nitrogens with one attached hydrogen (secondary N) is 2. The van der Waals surface area contributed by atoms with Crippen LogP contribution in [-0.4, -0.2) is 35.5 Å². The zero-order valence-corrected chi connectivity index (χ0v) is 16.9. The fourth-order valence-corrected chi connectivity index (χ4v) is 3.36. The third kappa shape index (κ3) is 5.19. The van der Waals surface area contributed by atoms with Crippen LogP contribution >= 0.6 is 11.3 Å². The van der Waals surface area contributed by atoms with Gasteiger partial charge in [0.2, 0.25) is 0 Å². The lowest BCUT2D eigenvalue weighted by molar-refractivity contribution is -0.124. The summed E-state index contributed by atoms with van der Waals surface area (Å²) in [5.74, 6) is -1.60. The molecule has 2 heterocycles. The number of carbonyl (C=O) groups excluding carboxylic acids is 3. The van der Waals surface area contributed by atoms with Crippen molar-refractivity contribution in [3.8, 4) is 0 Å². The van der Waals surface area contributed by atoms with Crippen LogP contribution in [0.15, 0.2) is 17.5 Å². The molecule has 0 saturated carbocycles. The van der Waals surface area contributed by atoms with Gasteiger partial charge in [-0.3, -0.25) is 4.79 Å². The van der Waals surface area contributed by atoms with E-state index in [-0.39, 0.29) is 17.8 Å². The number of rotatable bonds is 7. The van der Waals surface area contributed by atoms with Crippen LogP contribution in [0.2, 0.25) is 0 Å². The molecule has 2 rings (SSSR count). The van der Waals surface area contributed by atoms with Crippen LogP contribution in [0.1, 0.15) is 63.8 Å². The van der Waals surface area contributed by atoms with Crippen molar-refractivity contribution in [3.05, 3.63) is 44.9 Å². The van der Waals surface area contributed by atoms with Crippen LogP contribution < -0.4 is 5.32 Å². The Balaban J connectivity index is 1.98. The van der Waals surface area contributed by atoms with Crippen LogP contribution in [0.5, 0.6) is 0 Å². The molecule has 0 spiro atoms. The van der Waals surface area contributed by atoms with Gasteiger partial charge in [-0.2, -0.15) is 0 Å². The highest BCUT2D eigenvalue weighted by Crippen LogP contribution is 2.21. The zero-order valence-electron chi connectivity index (χ0n) is 16.0. The number of carbonyl (C=O) groups is 3. The van der Waals surface area contributed by atoms with Gasteiger partial charge in [0.1, 0.15) is 5.69 Å². The van der Waals surface area contributed by atoms with Gasteiger partial charge in [0, 0.05) is 10.6 Å². The van der Waals surface area contributed by atoms with Crippen LogP contribution in [-0.2, 0) is 14.3 Å². The first-order valence-electron chi connectivity index (χ1n) is 8.60. The van der Waals surface area contributed by atoms with Gasteiger partial charge in [-0.15, -0.1) is 11.3 Å². The van der Waals surface area contributed by atoms with Crippen molar-refractivity contribution in [2.24, 2.45) is 0 Å². The van der Waals surface area contributed by atoms with Crippen LogP contribution in [0.4, 0.5) is 0 Å². The Morgan fingerprint density at radius 1 is 1.19 bits per heavy atom. The predicted octanol–water partition coefficient (Wildman–Crippen LogP) is 3.29. The first kappa shape index (κ1) is 20.7. The molecule has 2 N–H and O–H groups in total. The van der Waals surface area contributed by atoms with E-state index in [1.54, 1.807) is 27.7 Å². The number of amides is 1. The molecule has 0 aliphatic heterocycles. The van der Waals surface area contributed by atoms with Crippen LogP contribution in [0, 0.1) is 13.8 Å². The molecule has 0 saturated heterocycles. The van der Waals surface area contributed by atoms with Crippen molar-refractivity contribution in [2.75, 3.05) is 6.61 Å². The Bertz CT molecular complexity index is 824. The molecule has 0 aliphatic rings. The maximum absolute atomic E-state index is 12.3. The second-order valence-electron chi connectivity index (χ2n) is 6.46. The molecular formula is C19H24N2O5S. The monoisotopic (exact) mass is 392 g/mol. The van der Waals surface area contributed by atoms with Gasteiger partial charge in [-0.05, 0) is 51.6 Å². The molecule has 0 bridgehead atoms. The van der Waals surface area contributed by atoms with E-state index >= 15 is 0 Å². The van der Waals surface area contributed by atoms with Gasteiger partial charge in [-0.25, -0.2) is 9.59 Å². The van der Waals surface area contributed by atoms with Crippen LogP contribution in [0.3, 0.4) is 0 Å². The molecular weight excluding hydrogens is 368 g/mol. The number of thiophene rings is 1. The first-order chi connectivity index (χ1) is 12.7. The summed E-state index contributed by atoms with van der Waals surface area (Å²) >= 11 is 1.54. The van der Waals surface area contributed by atoms with Crippen molar-refractivity contribution < 1.29 is 23.9 Å². The number of aromatic amines is 1. The quantitative estimate of drug-likeness (QED) is 0.705. The molecule has 8 heteroatoms. The van der Waals surface area contributed by atoms with Gasteiger partial charge in [0.05, 0.1) is 17.7 Å². The molecule has 1 atom stereocenters. The fourth-order valence-electron chi connectivity index (χ4n) is 2.63. The number of hydrogen-bond acceptors (Lipinski definition) is 6. The topological polar surface area (TPSA) is 97.5 Å². The van der Waals surface area contributed by atoms with Crippen molar-refractivity contribution >= 4 is 29.2 Å². The lowest BCUT2D eigenvalue weighted by Gasteiger charge is -2.12. The van der Waals surface area contributed by atoms with Gasteiger partial charge in [0.25, 0.3) is 5.91 Å². The van der Waals surface area contributed by atoms with Crippen molar-refractivity contribution in [3.63, 3.8) is 0 Å². The molecule has 27 heavy (non-hydrogen) atoms. The third-order valence-corrected chi connectivity index (χ3v) is 4.93. The Morgan fingerprint density at radius 3 is 2.48 bits per heavy atom. The smallest absolute Gasteiger partial charge is 0.355 e. The number of aromatic nitrogens is 1. The predicted molar refractivity (Wildman–Crippen MR) is 102 cm³/mol. The highest BCUT2D eigenvalue weighted by molar-refractivity contribution is 7.10. The Kier molecular flexibility index (Phi) is 6.79. The van der Waals surface area contributed by atoms with E-state index in [0.29, 0.717) is 16.8 Å². The number of H-pyrrole nitrogens is 1. The SMILES string of the molecule is Cc1[nH]c(C(=O)OCC(=O)N[C@@H](C)c2cccs2)c(C)c1C(=O)OC(C)C. The summed E-state index contributed by atoms with van der Waals surface area (Å²) in [5.41, 5.74) is 1.41. The Hall–Kier alpha value is -2.61. The Labute approximate surface area is 162 Å². The van der Waals surface area contributed by atoms with E-state index in [0.717, 1.165) is 4.88 Å². The molecule has 0 unspecified atom stereocenters. The van der Waals surface area contributed by atoms with Crippen molar-refractivity contribution in [1.82, 2.24) is 10.3 Å². The summed E-state index contributed by atoms with van der Waals surface area (Å²) in [7, 11) is 0. The standard InChI is InChI=1S/C19H24N2O5S/c1-10(2)26-18(23)16-11(3)17(21-13(16)5)19(24)25-9-15(22)20-12(4)14-7-6-8-27-14/h6-8,10,12,21H,9H2,1-5H3,(H,20,22)/t12-/m0/s1. The maximum Gasteiger partial charge on any atom is 0.355 e. The van der Waals surface area contributed by atoms with Crippen LogP contribution in [0.25, 0.3) is 0 Å². The van der Waals surface area contributed by atoms with Crippen molar-refractivity contribution in [2.45, 2.75) is 46.8 Å². The third-order valence-electron chi connectivity index (χ3n) is 3.87. The normalized spacial score (nSPS) is 11.9. The minimum absolute atomic E-state index is 0.141. The second kappa shape index (κ2) is 8.85. The highest BCUT2D eigenvalue weighted by Gasteiger charge is 2.25. The zero-order chi connectivity index (χ0) is 20.1. The summed E-state index contributed by atoms with van der Waals surface area (Å²) in [5, 5.41) is 4.70. The van der Waals surface area contributed by atoms with Gasteiger partial charge in [0.15, 0.2) is 6.61 Å². The summed E-state index contributed by atoms with van der Waals surface area (Å²) in [6, 6.07) is 3.66. The average Bonchev–Trinajstić information content (AvgIpc) is 3.20. The van der Waals surface area contributed by atoms with Gasteiger partial charge in [-0.1, -0.05) is 6.07 Å². The summed E-state index contributed by atoms with van der Waals surface area (Å²) in [6.45, 7) is 8.26. The molecule has 0 radical (unpaired) electrons. The molecule has 146 valence electrons. The van der Waals surface area contributed by atoms with E-state index in [4.69, 9.17) is 9.47 Å². The summed E-state index contributed by atoms with van der Waals surface area (Å²) in [6.07, 6.45) is -0.268. The van der Waals surface area contributed by atoms with E-state index < -0.39 is 24.5 Å². The molecule has 0 fully saturated rings. The minimum Gasteiger partial charge on any atom is -0.459 e. The Morgan fingerprint density at radius 2 is 1.89 bits per heavy atom. The molecule has 0 aromatic carbocycles. The molecule has 2 aromatic rings. The van der Waals surface area contributed by atoms with E-state index in [2.05, 4.69) is 10.3 Å². The lowest BCUT2D eigenvalue weighted by Crippen LogP contribution is -2.30. The average molecular weight is 392 g/mol. The first-order valence-corrected chi connectivity index (χ1v) is 9.48. The highest BCUT2D eigenvalue weighted by atomic mass is 32.1. The van der Waals surface area contributed by atoms with Gasteiger partial charge >= 0.3 is 11.9 Å². The summed E-state index contributed by atoms with van der Waals surface area (Å²) in [4.78, 5) is 40.4. The molecule has 0 aliphatic carbocycles. The lowest BCUT2D eigenvalue weighted by atomic mass is 10.1. The number of aryl methyl sites for hydroxylation is 1. The molecule has 1 amide bonds. The maximum atomic E-state index is 12.3. The van der Waals surface area contributed by atoms with E-state index in [9.17, 15) is 14.4 Å². The minimum atomic E-state index is -0.696. The summed E-state index contributed by atoms with van der Waals surface area (Å²) < 4.78 is 10.3. The second-order valence-corrected chi connectivity index (χ2v) is 7.44. The fraction of sp³-hybridized carbons (Fsp3) is 0.421. The van der Waals surface area contributed by atoms with E-state index in [1.807, 2.05) is 24.4 Å². The van der Waals surface area contributed by atoms with Crippen molar-refractivity contribution in [1.29, 1.82) is 0 Å². The van der Waals surface area contributed by atoms with E-state index in [1.165, 1.54) is 11.3 Å². The number of ether oxygens (including phenoxy) is 2. The number of esters is 2. The molecule has 2 aromatic heterocycles.